The summed E-state index contributed by atoms with van der Waals surface area (Å²) in [5.41, 5.74) is 0. The SMILES string of the molecule is O=C(NC1CCS(=O)CC1)NC1CCCCCC1C(=O)O. The lowest BCUT2D eigenvalue weighted by molar-refractivity contribution is -0.142. The molecule has 6 nitrogen and oxygen atoms in total. The molecule has 0 radical (unpaired) electrons. The van der Waals surface area contributed by atoms with Gasteiger partial charge in [0.1, 0.15) is 0 Å². The Hall–Kier alpha value is -1.11. The van der Waals surface area contributed by atoms with Crippen LogP contribution in [0, 0.1) is 5.92 Å². The quantitative estimate of drug-likeness (QED) is 0.682. The zero-order valence-electron chi connectivity index (χ0n) is 12.2. The minimum absolute atomic E-state index is 0.0526. The second-order valence-corrected chi connectivity index (χ2v) is 7.63. The largest absolute Gasteiger partial charge is 0.481 e. The van der Waals surface area contributed by atoms with Gasteiger partial charge in [-0.1, -0.05) is 19.3 Å². The second kappa shape index (κ2) is 7.77. The van der Waals surface area contributed by atoms with Crippen molar-refractivity contribution in [3.05, 3.63) is 0 Å². The van der Waals surface area contributed by atoms with Crippen molar-refractivity contribution in [2.45, 2.75) is 57.0 Å². The summed E-state index contributed by atoms with van der Waals surface area (Å²) in [7, 11) is -0.746. The highest BCUT2D eigenvalue weighted by Gasteiger charge is 2.31. The van der Waals surface area contributed by atoms with Gasteiger partial charge in [0.15, 0.2) is 0 Å². The van der Waals surface area contributed by atoms with Crippen LogP contribution in [-0.2, 0) is 15.6 Å². The first-order chi connectivity index (χ1) is 10.1. The first kappa shape index (κ1) is 16.3. The van der Waals surface area contributed by atoms with Crippen LogP contribution in [0.2, 0.25) is 0 Å². The Kier molecular flexibility index (Phi) is 6.02. The molecule has 2 atom stereocenters. The fourth-order valence-electron chi connectivity index (χ4n) is 3.11. The first-order valence-electron chi connectivity index (χ1n) is 7.71. The van der Waals surface area contributed by atoms with Gasteiger partial charge in [-0.05, 0) is 25.7 Å². The van der Waals surface area contributed by atoms with E-state index in [1.54, 1.807) is 0 Å². The Morgan fingerprint density at radius 3 is 2.29 bits per heavy atom. The van der Waals surface area contributed by atoms with E-state index in [-0.39, 0.29) is 18.1 Å². The van der Waals surface area contributed by atoms with Gasteiger partial charge in [0, 0.05) is 34.4 Å². The summed E-state index contributed by atoms with van der Waals surface area (Å²) in [5.74, 6) is -0.0505. The van der Waals surface area contributed by atoms with E-state index < -0.39 is 22.7 Å². The minimum atomic E-state index is -0.824. The van der Waals surface area contributed by atoms with E-state index >= 15 is 0 Å². The van der Waals surface area contributed by atoms with Crippen molar-refractivity contribution in [2.24, 2.45) is 5.92 Å². The highest BCUT2D eigenvalue weighted by Crippen LogP contribution is 2.23. The lowest BCUT2D eigenvalue weighted by Gasteiger charge is -2.26. The van der Waals surface area contributed by atoms with Crippen LogP contribution in [0.15, 0.2) is 0 Å². The Labute approximate surface area is 127 Å². The summed E-state index contributed by atoms with van der Waals surface area (Å²) in [4.78, 5) is 23.4. The third-order valence-corrected chi connectivity index (χ3v) is 5.75. The van der Waals surface area contributed by atoms with Gasteiger partial charge in [-0.25, -0.2) is 4.79 Å². The zero-order valence-corrected chi connectivity index (χ0v) is 13.0. The Morgan fingerprint density at radius 1 is 0.952 bits per heavy atom. The topological polar surface area (TPSA) is 95.5 Å². The molecule has 2 amide bonds. The smallest absolute Gasteiger partial charge is 0.315 e. The van der Waals surface area contributed by atoms with Gasteiger partial charge in [-0.15, -0.1) is 0 Å². The number of aliphatic carboxylic acids is 1. The van der Waals surface area contributed by atoms with Crippen molar-refractivity contribution < 1.29 is 18.9 Å². The normalized spacial score (nSPS) is 33.7. The minimum Gasteiger partial charge on any atom is -0.481 e. The Morgan fingerprint density at radius 2 is 1.62 bits per heavy atom. The number of hydrogen-bond donors (Lipinski definition) is 3. The van der Waals surface area contributed by atoms with Crippen molar-refractivity contribution in [2.75, 3.05) is 11.5 Å². The molecular weight excluding hydrogens is 292 g/mol. The molecule has 7 heteroatoms. The average Bonchev–Trinajstić information content (AvgIpc) is 2.67. The van der Waals surface area contributed by atoms with Crippen molar-refractivity contribution in [1.82, 2.24) is 10.6 Å². The molecule has 1 heterocycles. The van der Waals surface area contributed by atoms with Crippen LogP contribution in [0.5, 0.6) is 0 Å². The monoisotopic (exact) mass is 316 g/mol. The molecule has 2 fully saturated rings. The van der Waals surface area contributed by atoms with Crippen LogP contribution in [0.1, 0.15) is 44.9 Å². The summed E-state index contributed by atoms with van der Waals surface area (Å²) in [6.07, 6.45) is 5.70. The molecule has 0 bridgehead atoms. The second-order valence-electron chi connectivity index (χ2n) is 5.93. The van der Waals surface area contributed by atoms with Gasteiger partial charge in [0.05, 0.1) is 5.92 Å². The number of carbonyl (C=O) groups excluding carboxylic acids is 1. The van der Waals surface area contributed by atoms with E-state index in [4.69, 9.17) is 0 Å². The number of carbonyl (C=O) groups is 2. The molecular formula is C14H24N2O4S. The zero-order chi connectivity index (χ0) is 15.2. The maximum Gasteiger partial charge on any atom is 0.315 e. The predicted octanol–water partition coefficient (Wildman–Crippen LogP) is 1.23. The van der Waals surface area contributed by atoms with Gasteiger partial charge < -0.3 is 15.7 Å². The molecule has 0 aromatic rings. The molecule has 0 aromatic carbocycles. The molecule has 2 unspecified atom stereocenters. The molecule has 21 heavy (non-hydrogen) atoms. The van der Waals surface area contributed by atoms with Crippen molar-refractivity contribution in [3.8, 4) is 0 Å². The molecule has 0 spiro atoms. The highest BCUT2D eigenvalue weighted by molar-refractivity contribution is 7.85. The Bertz CT molecular complexity index is 406. The van der Waals surface area contributed by atoms with Crippen molar-refractivity contribution in [3.63, 3.8) is 0 Å². The number of urea groups is 1. The molecule has 1 aliphatic carbocycles. The molecule has 1 saturated heterocycles. The summed E-state index contributed by atoms with van der Waals surface area (Å²) >= 11 is 0. The third-order valence-electron chi connectivity index (χ3n) is 4.37. The summed E-state index contributed by atoms with van der Waals surface area (Å²) < 4.78 is 11.3. The van der Waals surface area contributed by atoms with Crippen LogP contribution in [-0.4, -0.2) is 44.9 Å². The van der Waals surface area contributed by atoms with Crippen molar-refractivity contribution in [1.29, 1.82) is 0 Å². The van der Waals surface area contributed by atoms with Crippen LogP contribution in [0.4, 0.5) is 4.79 Å². The summed E-state index contributed by atoms with van der Waals surface area (Å²) in [6.45, 7) is 0. The van der Waals surface area contributed by atoms with E-state index in [0.29, 0.717) is 17.9 Å². The number of rotatable bonds is 3. The first-order valence-corrected chi connectivity index (χ1v) is 9.20. The molecule has 2 aliphatic rings. The van der Waals surface area contributed by atoms with Crippen LogP contribution < -0.4 is 10.6 Å². The van der Waals surface area contributed by atoms with Gasteiger partial charge in [0.2, 0.25) is 0 Å². The summed E-state index contributed by atoms with van der Waals surface area (Å²) in [5, 5.41) is 15.0. The summed E-state index contributed by atoms with van der Waals surface area (Å²) in [6, 6.07) is -0.523. The fourth-order valence-corrected chi connectivity index (χ4v) is 4.41. The van der Waals surface area contributed by atoms with E-state index in [0.717, 1.165) is 38.5 Å². The van der Waals surface area contributed by atoms with Gasteiger partial charge in [-0.3, -0.25) is 9.00 Å². The molecule has 0 aromatic heterocycles. The predicted molar refractivity (Wildman–Crippen MR) is 80.6 cm³/mol. The van der Waals surface area contributed by atoms with Crippen LogP contribution in [0.3, 0.4) is 0 Å². The number of hydrogen-bond acceptors (Lipinski definition) is 3. The standard InChI is InChI=1S/C14H24N2O4S/c17-13(18)11-4-2-1-3-5-12(11)16-14(19)15-10-6-8-21(20)9-7-10/h10-12H,1-9H2,(H,17,18)(H2,15,16,19). The molecule has 2 rings (SSSR count). The lowest BCUT2D eigenvalue weighted by Crippen LogP contribution is -2.50. The lowest BCUT2D eigenvalue weighted by atomic mass is 9.95. The van der Waals surface area contributed by atoms with Crippen LogP contribution >= 0.6 is 0 Å². The molecule has 1 saturated carbocycles. The van der Waals surface area contributed by atoms with Crippen LogP contribution in [0.25, 0.3) is 0 Å². The number of amides is 2. The van der Waals surface area contributed by atoms with E-state index in [1.807, 2.05) is 0 Å². The molecule has 120 valence electrons. The third kappa shape index (κ3) is 4.98. The highest BCUT2D eigenvalue weighted by atomic mass is 32.2. The number of carboxylic acids is 1. The van der Waals surface area contributed by atoms with E-state index in [2.05, 4.69) is 10.6 Å². The number of nitrogens with one attached hydrogen (secondary N) is 2. The van der Waals surface area contributed by atoms with E-state index in [9.17, 15) is 18.9 Å². The van der Waals surface area contributed by atoms with Gasteiger partial charge in [-0.2, -0.15) is 0 Å². The Balaban J connectivity index is 1.84. The maximum absolute atomic E-state index is 12.1. The maximum atomic E-state index is 12.1. The molecule has 3 N–H and O–H groups in total. The van der Waals surface area contributed by atoms with E-state index in [1.165, 1.54) is 0 Å². The van der Waals surface area contributed by atoms with Crippen molar-refractivity contribution >= 4 is 22.8 Å². The fraction of sp³-hybridized carbons (Fsp3) is 0.857. The van der Waals surface area contributed by atoms with Gasteiger partial charge >= 0.3 is 12.0 Å². The number of carboxylic acid groups (broad SMARTS) is 1. The molecule has 1 aliphatic heterocycles. The average molecular weight is 316 g/mol. The van der Waals surface area contributed by atoms with Gasteiger partial charge in [0.25, 0.3) is 0 Å².